The molecule has 0 amide bonds. The molecule has 30 heavy (non-hydrogen) atoms. The number of halogens is 4. The van der Waals surface area contributed by atoms with Crippen LogP contribution in [0.4, 0.5) is 23.4 Å². The SMILES string of the molecule is C[C@H](Nc1ccc2nnc(-c3ccccc3F)n2n1)C1CCN(CC(F)(F)F)CC1. The van der Waals surface area contributed by atoms with E-state index in [2.05, 4.69) is 20.6 Å². The Bertz CT molecular complexity index is 1010. The quantitative estimate of drug-likeness (QED) is 0.630. The van der Waals surface area contributed by atoms with Gasteiger partial charge in [-0.2, -0.15) is 17.7 Å². The molecule has 0 saturated carbocycles. The number of piperidine rings is 1. The third-order valence-electron chi connectivity index (χ3n) is 5.50. The van der Waals surface area contributed by atoms with E-state index in [0.29, 0.717) is 48.8 Å². The largest absolute Gasteiger partial charge is 0.401 e. The fourth-order valence-corrected chi connectivity index (χ4v) is 3.89. The van der Waals surface area contributed by atoms with Crippen molar-refractivity contribution < 1.29 is 17.6 Å². The van der Waals surface area contributed by atoms with Crippen molar-refractivity contribution >= 4 is 11.5 Å². The third kappa shape index (κ3) is 4.53. The minimum Gasteiger partial charge on any atom is -0.366 e. The smallest absolute Gasteiger partial charge is 0.366 e. The van der Waals surface area contributed by atoms with E-state index in [1.54, 1.807) is 30.3 Å². The van der Waals surface area contributed by atoms with E-state index in [1.165, 1.54) is 15.5 Å². The second kappa shape index (κ2) is 8.17. The maximum Gasteiger partial charge on any atom is 0.401 e. The number of alkyl halides is 3. The number of hydrogen-bond donors (Lipinski definition) is 1. The highest BCUT2D eigenvalue weighted by Gasteiger charge is 2.33. The number of benzene rings is 1. The number of rotatable bonds is 5. The number of aromatic nitrogens is 4. The highest BCUT2D eigenvalue weighted by atomic mass is 19.4. The predicted octanol–water partition coefficient (Wildman–Crippen LogP) is 4.01. The Morgan fingerprint density at radius 2 is 1.83 bits per heavy atom. The maximum absolute atomic E-state index is 14.2. The average Bonchev–Trinajstić information content (AvgIpc) is 3.11. The Hall–Kier alpha value is -2.75. The van der Waals surface area contributed by atoms with Gasteiger partial charge in [0.15, 0.2) is 11.5 Å². The molecule has 6 nitrogen and oxygen atoms in total. The van der Waals surface area contributed by atoms with Gasteiger partial charge in [0.2, 0.25) is 0 Å². The molecule has 160 valence electrons. The molecule has 3 aromatic rings. The molecule has 1 fully saturated rings. The van der Waals surface area contributed by atoms with Gasteiger partial charge in [-0.25, -0.2) is 4.39 Å². The molecule has 4 rings (SSSR count). The van der Waals surface area contributed by atoms with Gasteiger partial charge in [-0.1, -0.05) is 12.1 Å². The van der Waals surface area contributed by atoms with E-state index in [4.69, 9.17) is 0 Å². The van der Waals surface area contributed by atoms with Crippen molar-refractivity contribution in [2.45, 2.75) is 32.0 Å². The van der Waals surface area contributed by atoms with Crippen LogP contribution in [0.1, 0.15) is 19.8 Å². The fourth-order valence-electron chi connectivity index (χ4n) is 3.89. The van der Waals surface area contributed by atoms with E-state index in [0.717, 1.165) is 0 Å². The van der Waals surface area contributed by atoms with Crippen molar-refractivity contribution in [1.82, 2.24) is 24.7 Å². The molecular weight excluding hydrogens is 400 g/mol. The van der Waals surface area contributed by atoms with Crippen LogP contribution < -0.4 is 5.32 Å². The summed E-state index contributed by atoms with van der Waals surface area (Å²) in [4.78, 5) is 1.45. The van der Waals surface area contributed by atoms with Gasteiger partial charge in [0, 0.05) is 6.04 Å². The molecule has 1 aromatic carbocycles. The Labute approximate surface area is 170 Å². The van der Waals surface area contributed by atoms with Crippen LogP contribution in [0.5, 0.6) is 0 Å². The molecule has 0 aliphatic carbocycles. The molecule has 0 spiro atoms. The number of anilines is 1. The molecule has 1 aliphatic rings. The molecule has 10 heteroatoms. The van der Waals surface area contributed by atoms with Gasteiger partial charge >= 0.3 is 6.18 Å². The minimum absolute atomic E-state index is 0.0244. The van der Waals surface area contributed by atoms with Crippen LogP contribution in [0.15, 0.2) is 36.4 Å². The summed E-state index contributed by atoms with van der Waals surface area (Å²) < 4.78 is 53.4. The van der Waals surface area contributed by atoms with Crippen molar-refractivity contribution in [3.8, 4) is 11.4 Å². The zero-order valence-electron chi connectivity index (χ0n) is 16.4. The molecule has 1 N–H and O–H groups in total. The monoisotopic (exact) mass is 422 g/mol. The first-order valence-corrected chi connectivity index (χ1v) is 9.83. The van der Waals surface area contributed by atoms with E-state index in [1.807, 2.05) is 6.92 Å². The fraction of sp³-hybridized carbons (Fsp3) is 0.450. The summed E-state index contributed by atoms with van der Waals surface area (Å²) in [6, 6.07) is 9.82. The zero-order chi connectivity index (χ0) is 21.3. The van der Waals surface area contributed by atoms with Crippen LogP contribution in [0.2, 0.25) is 0 Å². The van der Waals surface area contributed by atoms with Crippen molar-refractivity contribution in [3.05, 3.63) is 42.2 Å². The summed E-state index contributed by atoms with van der Waals surface area (Å²) in [7, 11) is 0. The van der Waals surface area contributed by atoms with Crippen molar-refractivity contribution in [2.24, 2.45) is 5.92 Å². The van der Waals surface area contributed by atoms with Gasteiger partial charge in [0.05, 0.1) is 12.1 Å². The van der Waals surface area contributed by atoms with Gasteiger partial charge < -0.3 is 5.32 Å². The van der Waals surface area contributed by atoms with Gasteiger partial charge in [-0.05, 0) is 63.0 Å². The first-order chi connectivity index (χ1) is 14.3. The van der Waals surface area contributed by atoms with Gasteiger partial charge in [0.1, 0.15) is 11.6 Å². The summed E-state index contributed by atoms with van der Waals surface area (Å²) >= 11 is 0. The van der Waals surface area contributed by atoms with E-state index < -0.39 is 18.5 Å². The number of likely N-dealkylation sites (tertiary alicyclic amines) is 1. The summed E-state index contributed by atoms with van der Waals surface area (Å²) in [5.41, 5.74) is 0.798. The van der Waals surface area contributed by atoms with E-state index in [9.17, 15) is 17.6 Å². The molecule has 0 bridgehead atoms. The average molecular weight is 422 g/mol. The molecule has 1 saturated heterocycles. The lowest BCUT2D eigenvalue weighted by Gasteiger charge is -2.35. The van der Waals surface area contributed by atoms with Crippen LogP contribution >= 0.6 is 0 Å². The second-order valence-corrected chi connectivity index (χ2v) is 7.65. The number of nitrogens with one attached hydrogen (secondary N) is 1. The van der Waals surface area contributed by atoms with Crippen LogP contribution in [-0.4, -0.2) is 56.6 Å². The standard InChI is InChI=1S/C20H22F4N6/c1-13(14-8-10-29(11-9-14)12-20(22,23)24)25-17-6-7-18-26-27-19(30(18)28-17)15-4-2-3-5-16(15)21/h2-7,13-14H,8-12H2,1H3,(H,25,28)/t13-/m0/s1. The maximum atomic E-state index is 14.2. The third-order valence-corrected chi connectivity index (χ3v) is 5.50. The Balaban J connectivity index is 1.46. The molecule has 3 heterocycles. The van der Waals surface area contributed by atoms with Gasteiger partial charge in [-0.3, -0.25) is 4.90 Å². The molecule has 1 aliphatic heterocycles. The number of fused-ring (bicyclic) bond motifs is 1. The van der Waals surface area contributed by atoms with Crippen LogP contribution in [0.3, 0.4) is 0 Å². The van der Waals surface area contributed by atoms with Crippen molar-refractivity contribution in [2.75, 3.05) is 25.0 Å². The van der Waals surface area contributed by atoms with E-state index in [-0.39, 0.29) is 12.0 Å². The number of hydrogen-bond acceptors (Lipinski definition) is 5. The summed E-state index contributed by atoms with van der Waals surface area (Å²) in [5.74, 6) is 0.704. The Morgan fingerprint density at radius 1 is 1.10 bits per heavy atom. The molecule has 1 atom stereocenters. The summed E-state index contributed by atoms with van der Waals surface area (Å²) in [6.45, 7) is 1.99. The Kier molecular flexibility index (Phi) is 5.59. The lowest BCUT2D eigenvalue weighted by atomic mass is 9.90. The van der Waals surface area contributed by atoms with Crippen molar-refractivity contribution in [3.63, 3.8) is 0 Å². The first-order valence-electron chi connectivity index (χ1n) is 9.83. The van der Waals surface area contributed by atoms with Crippen LogP contribution in [0.25, 0.3) is 17.0 Å². The zero-order valence-corrected chi connectivity index (χ0v) is 16.4. The topological polar surface area (TPSA) is 58.4 Å². The minimum atomic E-state index is -4.16. The van der Waals surface area contributed by atoms with Gasteiger partial charge in [0.25, 0.3) is 0 Å². The first kappa shape index (κ1) is 20.5. The van der Waals surface area contributed by atoms with Crippen molar-refractivity contribution in [1.29, 1.82) is 0 Å². The van der Waals surface area contributed by atoms with E-state index >= 15 is 0 Å². The summed E-state index contributed by atoms with van der Waals surface area (Å²) in [5, 5.41) is 15.9. The molecule has 0 radical (unpaired) electrons. The summed E-state index contributed by atoms with van der Waals surface area (Å²) in [6.07, 6.45) is -2.80. The lowest BCUT2D eigenvalue weighted by molar-refractivity contribution is -0.148. The molecule has 0 unspecified atom stereocenters. The van der Waals surface area contributed by atoms with Gasteiger partial charge in [-0.15, -0.1) is 15.3 Å². The van der Waals surface area contributed by atoms with Crippen LogP contribution in [-0.2, 0) is 0 Å². The number of nitrogens with zero attached hydrogens (tertiary/aromatic N) is 5. The molecule has 2 aromatic heterocycles. The second-order valence-electron chi connectivity index (χ2n) is 7.65. The van der Waals surface area contributed by atoms with Crippen LogP contribution in [0, 0.1) is 11.7 Å². The normalized spacial score (nSPS) is 17.4. The highest BCUT2D eigenvalue weighted by molar-refractivity contribution is 5.60. The predicted molar refractivity (Wildman–Crippen MR) is 104 cm³/mol. The molecular formula is C20H22F4N6. The Morgan fingerprint density at radius 3 is 2.53 bits per heavy atom. The highest BCUT2D eigenvalue weighted by Crippen LogP contribution is 2.26. The lowest BCUT2D eigenvalue weighted by Crippen LogP contribution is -2.43.